The lowest BCUT2D eigenvalue weighted by molar-refractivity contribution is -0.145. The molecule has 4 rings (SSSR count). The van der Waals surface area contributed by atoms with Crippen LogP contribution in [0, 0.1) is 5.92 Å². The molecule has 3 amide bonds. The maximum absolute atomic E-state index is 14.1. The van der Waals surface area contributed by atoms with Crippen LogP contribution in [0.5, 0.6) is 0 Å². The van der Waals surface area contributed by atoms with E-state index in [0.29, 0.717) is 19.4 Å². The number of carbonyl (C=O) groups excluding carboxylic acids is 3. The molecular weight excluding hydrogens is 476 g/mol. The molecule has 1 aliphatic heterocycles. The molecule has 0 saturated carbocycles. The normalized spacial score (nSPS) is 17.3. The van der Waals surface area contributed by atoms with Crippen molar-refractivity contribution < 1.29 is 14.4 Å². The van der Waals surface area contributed by atoms with Crippen LogP contribution in [-0.4, -0.2) is 64.7 Å². The van der Waals surface area contributed by atoms with Gasteiger partial charge in [0.25, 0.3) is 0 Å². The van der Waals surface area contributed by atoms with E-state index in [-0.39, 0.29) is 36.6 Å². The zero-order valence-electron chi connectivity index (χ0n) is 22.3. The fraction of sp³-hybridized carbons (Fsp3) is 0.355. The second-order valence-corrected chi connectivity index (χ2v) is 10.2. The van der Waals surface area contributed by atoms with Crippen molar-refractivity contribution in [3.63, 3.8) is 0 Å². The smallest absolute Gasteiger partial charge is 0.246 e. The Bertz CT molecular complexity index is 1300. The van der Waals surface area contributed by atoms with Gasteiger partial charge in [0.1, 0.15) is 12.1 Å². The molecular formula is C31H36N4O3. The Kier molecular flexibility index (Phi) is 8.89. The molecule has 0 spiro atoms. The van der Waals surface area contributed by atoms with Crippen molar-refractivity contribution >= 4 is 34.6 Å². The number of fused-ring (bicyclic) bond motifs is 1. The molecule has 7 nitrogen and oxygen atoms in total. The summed E-state index contributed by atoms with van der Waals surface area (Å²) in [6, 6.07) is 16.6. The van der Waals surface area contributed by atoms with Gasteiger partial charge in [-0.2, -0.15) is 0 Å². The SMILES string of the molecule is CNC(=O)[C@H](Cc1ccc2ccccc2c1)N1CCC(=O)N(CC=Cc2ccncc2)[C@@H](CC(C)C)C1=O. The van der Waals surface area contributed by atoms with Crippen molar-refractivity contribution in [1.29, 1.82) is 0 Å². The average molecular weight is 513 g/mol. The van der Waals surface area contributed by atoms with Crippen LogP contribution in [0.2, 0.25) is 0 Å². The molecule has 2 aromatic carbocycles. The summed E-state index contributed by atoms with van der Waals surface area (Å²) in [5.74, 6) is -0.279. The summed E-state index contributed by atoms with van der Waals surface area (Å²) in [5.41, 5.74) is 1.95. The Hall–Kier alpha value is -4.00. The molecule has 7 heteroatoms. The highest BCUT2D eigenvalue weighted by Gasteiger charge is 2.40. The third-order valence-corrected chi connectivity index (χ3v) is 7.01. The molecule has 2 heterocycles. The standard InChI is InChI=1S/C31H36N4O3/c1-22(2)19-28-31(38)35(18-14-29(36)34(28)17-6-7-23-12-15-33-16-13-23)27(30(37)32-3)21-24-10-11-25-8-4-5-9-26(25)20-24/h4-13,15-16,20,22,27-28H,14,17-19,21H2,1-3H3,(H,32,37)/t27-,28-/m0/s1. The molecule has 0 bridgehead atoms. The molecule has 0 aliphatic carbocycles. The summed E-state index contributed by atoms with van der Waals surface area (Å²) in [6.45, 7) is 4.63. The van der Waals surface area contributed by atoms with E-state index in [4.69, 9.17) is 0 Å². The summed E-state index contributed by atoms with van der Waals surface area (Å²) < 4.78 is 0. The Labute approximate surface area is 224 Å². The number of rotatable bonds is 9. The molecule has 198 valence electrons. The van der Waals surface area contributed by atoms with Gasteiger partial charge in [0.05, 0.1) is 0 Å². The maximum Gasteiger partial charge on any atom is 0.246 e. The predicted octanol–water partition coefficient (Wildman–Crippen LogP) is 4.08. The van der Waals surface area contributed by atoms with Crippen LogP contribution in [0.25, 0.3) is 16.8 Å². The minimum Gasteiger partial charge on any atom is -0.357 e. The summed E-state index contributed by atoms with van der Waals surface area (Å²) in [4.78, 5) is 47.8. The van der Waals surface area contributed by atoms with Crippen LogP contribution in [-0.2, 0) is 20.8 Å². The molecule has 1 fully saturated rings. The molecule has 1 aromatic heterocycles. The number of amides is 3. The zero-order chi connectivity index (χ0) is 27.1. The van der Waals surface area contributed by atoms with Gasteiger partial charge in [-0.3, -0.25) is 19.4 Å². The fourth-order valence-corrected chi connectivity index (χ4v) is 5.06. The molecule has 38 heavy (non-hydrogen) atoms. The topological polar surface area (TPSA) is 82.6 Å². The number of pyridine rings is 1. The van der Waals surface area contributed by atoms with Gasteiger partial charge in [0.2, 0.25) is 17.7 Å². The number of hydrogen-bond donors (Lipinski definition) is 1. The lowest BCUT2D eigenvalue weighted by Gasteiger charge is -2.34. The predicted molar refractivity (Wildman–Crippen MR) is 150 cm³/mol. The van der Waals surface area contributed by atoms with Crippen molar-refractivity contribution in [2.45, 2.75) is 45.2 Å². The van der Waals surface area contributed by atoms with Crippen molar-refractivity contribution in [2.24, 2.45) is 5.92 Å². The minimum absolute atomic E-state index is 0.0766. The van der Waals surface area contributed by atoms with Gasteiger partial charge in [-0.1, -0.05) is 68.5 Å². The van der Waals surface area contributed by atoms with Crippen molar-refractivity contribution in [3.05, 3.63) is 84.2 Å². The van der Waals surface area contributed by atoms with E-state index < -0.39 is 12.1 Å². The third kappa shape index (κ3) is 6.46. The largest absolute Gasteiger partial charge is 0.357 e. The van der Waals surface area contributed by atoms with Crippen LogP contribution >= 0.6 is 0 Å². The monoisotopic (exact) mass is 512 g/mol. The Morgan fingerprint density at radius 2 is 1.82 bits per heavy atom. The second-order valence-electron chi connectivity index (χ2n) is 10.2. The van der Waals surface area contributed by atoms with E-state index in [0.717, 1.165) is 21.9 Å². The first-order valence-electron chi connectivity index (χ1n) is 13.2. The Morgan fingerprint density at radius 1 is 1.08 bits per heavy atom. The fourth-order valence-electron chi connectivity index (χ4n) is 5.06. The van der Waals surface area contributed by atoms with Gasteiger partial charge < -0.3 is 15.1 Å². The quantitative estimate of drug-likeness (QED) is 0.468. The first-order chi connectivity index (χ1) is 18.4. The van der Waals surface area contributed by atoms with Gasteiger partial charge in [0, 0.05) is 45.4 Å². The summed E-state index contributed by atoms with van der Waals surface area (Å²) >= 11 is 0. The molecule has 1 aliphatic rings. The van der Waals surface area contributed by atoms with Gasteiger partial charge in [-0.25, -0.2) is 0 Å². The van der Waals surface area contributed by atoms with Gasteiger partial charge in [-0.15, -0.1) is 0 Å². The molecule has 2 atom stereocenters. The third-order valence-electron chi connectivity index (χ3n) is 7.01. The van der Waals surface area contributed by atoms with Gasteiger partial charge in [-0.05, 0) is 46.4 Å². The number of hydrogen-bond acceptors (Lipinski definition) is 4. The minimum atomic E-state index is -0.705. The summed E-state index contributed by atoms with van der Waals surface area (Å²) in [6.07, 6.45) is 8.36. The second kappa shape index (κ2) is 12.5. The van der Waals surface area contributed by atoms with Gasteiger partial charge in [0.15, 0.2) is 0 Å². The number of carbonyl (C=O) groups is 3. The summed E-state index contributed by atoms with van der Waals surface area (Å²) in [5, 5.41) is 4.95. The number of nitrogens with zero attached hydrogens (tertiary/aromatic N) is 3. The number of benzene rings is 2. The van der Waals surface area contributed by atoms with Crippen LogP contribution < -0.4 is 5.32 Å². The van der Waals surface area contributed by atoms with E-state index in [1.807, 2.05) is 74.5 Å². The number of likely N-dealkylation sites (N-methyl/N-ethyl adjacent to an activating group) is 1. The Balaban J connectivity index is 1.61. The van der Waals surface area contributed by atoms with Crippen molar-refractivity contribution in [3.8, 4) is 0 Å². The first-order valence-corrected chi connectivity index (χ1v) is 13.2. The number of aromatic nitrogens is 1. The van der Waals surface area contributed by atoms with E-state index >= 15 is 0 Å². The number of nitrogens with one attached hydrogen (secondary N) is 1. The highest BCUT2D eigenvalue weighted by molar-refractivity contribution is 5.94. The van der Waals surface area contributed by atoms with Crippen LogP contribution in [0.3, 0.4) is 0 Å². The van der Waals surface area contributed by atoms with E-state index in [9.17, 15) is 14.4 Å². The van der Waals surface area contributed by atoms with Crippen molar-refractivity contribution in [1.82, 2.24) is 20.1 Å². The Morgan fingerprint density at radius 3 is 2.53 bits per heavy atom. The average Bonchev–Trinajstić information content (AvgIpc) is 3.03. The van der Waals surface area contributed by atoms with E-state index in [1.165, 1.54) is 0 Å². The lowest BCUT2D eigenvalue weighted by Crippen LogP contribution is -2.55. The van der Waals surface area contributed by atoms with Crippen molar-refractivity contribution in [2.75, 3.05) is 20.1 Å². The summed E-state index contributed by atoms with van der Waals surface area (Å²) in [7, 11) is 1.59. The van der Waals surface area contributed by atoms with Crippen LogP contribution in [0.1, 0.15) is 37.8 Å². The zero-order valence-corrected chi connectivity index (χ0v) is 22.3. The van der Waals surface area contributed by atoms with Crippen LogP contribution in [0.4, 0.5) is 0 Å². The maximum atomic E-state index is 14.1. The molecule has 3 aromatic rings. The highest BCUT2D eigenvalue weighted by Crippen LogP contribution is 2.24. The highest BCUT2D eigenvalue weighted by atomic mass is 16.2. The molecule has 1 N–H and O–H groups in total. The molecule has 0 unspecified atom stereocenters. The van der Waals surface area contributed by atoms with Crippen LogP contribution in [0.15, 0.2) is 73.1 Å². The molecule has 1 saturated heterocycles. The van der Waals surface area contributed by atoms with Gasteiger partial charge >= 0.3 is 0 Å². The molecule has 0 radical (unpaired) electrons. The lowest BCUT2D eigenvalue weighted by atomic mass is 9.97. The van der Waals surface area contributed by atoms with E-state index in [2.05, 4.69) is 16.4 Å². The first kappa shape index (κ1) is 27.0. The van der Waals surface area contributed by atoms with E-state index in [1.54, 1.807) is 29.2 Å².